The Bertz CT molecular complexity index is 4740. The van der Waals surface area contributed by atoms with Crippen LogP contribution in [0, 0.1) is 19.7 Å². The highest BCUT2D eigenvalue weighted by Crippen LogP contribution is 2.33. The van der Waals surface area contributed by atoms with E-state index in [1.54, 1.807) is 78.2 Å². The Morgan fingerprint density at radius 1 is 0.563 bits per heavy atom. The molecule has 0 aliphatic rings. The number of nitrogens with one attached hydrogen (secondary N) is 3. The number of thiophene rings is 1. The van der Waals surface area contributed by atoms with E-state index in [0.29, 0.717) is 78.7 Å². The second-order valence-electron chi connectivity index (χ2n) is 27.0. The van der Waals surface area contributed by atoms with Gasteiger partial charge in [0, 0.05) is 114 Å². The smallest absolute Gasteiger partial charge is 0.251 e. The maximum absolute atomic E-state index is 15.1. The number of pyridine rings is 3. The molecule has 0 aliphatic carbocycles. The number of imidazole rings is 3. The predicted molar refractivity (Wildman–Crippen MR) is 406 cm³/mol. The van der Waals surface area contributed by atoms with E-state index in [0.717, 1.165) is 60.6 Å². The first-order valence-electron chi connectivity index (χ1n) is 34.0. The molecule has 0 radical (unpaired) electrons. The molecule has 103 heavy (non-hydrogen) atoms. The zero-order chi connectivity index (χ0) is 74.4. The molecular weight excluding hydrogens is 1390 g/mol. The molecule has 11 aromatic rings. The molecule has 3 amide bonds. The van der Waals surface area contributed by atoms with Crippen molar-refractivity contribution in [1.82, 2.24) is 49.3 Å². The van der Waals surface area contributed by atoms with Crippen LogP contribution < -0.4 is 30.2 Å². The minimum atomic E-state index is -0.492. The molecule has 0 saturated heterocycles. The average molecular weight is 1480 g/mol. The van der Waals surface area contributed by atoms with Crippen LogP contribution in [0.5, 0.6) is 17.2 Å². The number of hydrogen-bond donors (Lipinski definition) is 6. The van der Waals surface area contributed by atoms with Crippen LogP contribution in [0.3, 0.4) is 0 Å². The second-order valence-corrected chi connectivity index (χ2v) is 29.3. The molecule has 11 rings (SSSR count). The fourth-order valence-electron chi connectivity index (χ4n) is 11.3. The maximum Gasteiger partial charge on any atom is 0.251 e. The first-order valence-corrected chi connectivity index (χ1v) is 35.9. The van der Waals surface area contributed by atoms with Crippen molar-refractivity contribution < 1.29 is 48.3 Å². The zero-order valence-electron chi connectivity index (χ0n) is 59.8. The van der Waals surface area contributed by atoms with Gasteiger partial charge in [-0.15, -0.1) is 11.3 Å². The molecule has 19 nitrogen and oxygen atoms in total. The molecule has 4 aromatic carbocycles. The standard InChI is InChI=1S/C28H35ClFN3O3.C26H27ClN4O3.C25H26ClN3O3S/c1-17(2)36-25-10-9-20(14-22(25)29)26(35)31-21(11-12-34)13-18-7-8-19(15-23(18)30)24-16-33(6)27(32-24)28(3,4)5;1-16(2)34-24-9-7-18(11-22(24)27)26(33)29-21(15-32)12-20-8-6-19(13-28-20)23-14-31-10-4-5-17(3)25(31)30-23;1-15(2)32-22-8-6-17(11-20(22)26)25(31)27-18(14-30)12-19-7-9-23(33-19)21-13-29-10-4-5-16(3)24(29)28-21/h7-10,14-17,21,34H,11-13H2,1-6H3,(H,31,35);4-11,13-14,16,21,32H,12,15H2,1-3H3,(H,29,33);4-11,13,15,18,30H,12,14H2,1-3H3,(H,27,31)/t2*21-;18-/m100/s1. The fraction of sp³-hybridized carbons (Fsp3) is 0.329. The SMILES string of the molecule is CC(C)Oc1ccc(C(=O)N[C@H](CCO)Cc2ccc(-c3cn(C)c(C(C)(C)C)n3)cc2F)cc1Cl.Cc1cccn2cc(-c3ccc(C[C@@H](CO)NC(=O)c4ccc(OC(C)C)c(Cl)c4)nc3)nc12.Cc1cccn2cc(-c3ccc(C[C@@H](CO)NC(=O)c4ccc(OC(C)C)c(Cl)c4)s3)nc12. The Morgan fingerprint density at radius 2 is 1.04 bits per heavy atom. The van der Waals surface area contributed by atoms with Crippen molar-refractivity contribution in [2.45, 2.75) is 144 Å². The summed E-state index contributed by atoms with van der Waals surface area (Å²) in [5.41, 5.74) is 10.3. The number of carbonyl (C=O) groups excluding carboxylic acids is 3. The Balaban J connectivity index is 0.000000180. The summed E-state index contributed by atoms with van der Waals surface area (Å²) in [6, 6.07) is 34.2. The molecule has 0 saturated carbocycles. The molecular formula is C79H88Cl3FN10O9S. The summed E-state index contributed by atoms with van der Waals surface area (Å²) in [5, 5.41) is 38.9. The molecule has 542 valence electrons. The lowest BCUT2D eigenvalue weighted by atomic mass is 9.96. The molecule has 7 heterocycles. The lowest BCUT2D eigenvalue weighted by Gasteiger charge is -2.19. The van der Waals surface area contributed by atoms with Crippen LogP contribution in [0.1, 0.15) is 133 Å². The summed E-state index contributed by atoms with van der Waals surface area (Å²) >= 11 is 20.4. The number of rotatable bonds is 25. The van der Waals surface area contributed by atoms with Gasteiger partial charge < -0.3 is 58.8 Å². The van der Waals surface area contributed by atoms with Gasteiger partial charge in [0.05, 0.1) is 80.6 Å². The van der Waals surface area contributed by atoms with E-state index in [-0.39, 0.29) is 79.9 Å². The topological polar surface area (TPSA) is 241 Å². The van der Waals surface area contributed by atoms with Gasteiger partial charge in [-0.1, -0.05) is 79.8 Å². The Hall–Kier alpha value is -9.19. The Morgan fingerprint density at radius 3 is 1.48 bits per heavy atom. The number of ether oxygens (including phenoxy) is 3. The number of hydrogen-bond acceptors (Lipinski definition) is 14. The number of aliphatic hydroxyl groups is 3. The van der Waals surface area contributed by atoms with Crippen molar-refractivity contribution in [3.63, 3.8) is 0 Å². The van der Waals surface area contributed by atoms with Crippen molar-refractivity contribution in [1.29, 1.82) is 0 Å². The highest BCUT2D eigenvalue weighted by Gasteiger charge is 2.24. The van der Waals surface area contributed by atoms with Crippen molar-refractivity contribution >= 4 is 75.2 Å². The Kier molecular flexibility index (Phi) is 26.7. The molecule has 0 unspecified atom stereocenters. The Labute approximate surface area is 619 Å². The average Bonchev–Trinajstić information content (AvgIpc) is 1.69. The molecule has 6 N–H and O–H groups in total. The molecule has 24 heteroatoms. The molecule has 0 fully saturated rings. The molecule has 0 bridgehead atoms. The first kappa shape index (κ1) is 78.0. The zero-order valence-corrected chi connectivity index (χ0v) is 62.9. The number of aryl methyl sites for hydroxylation is 3. The summed E-state index contributed by atoms with van der Waals surface area (Å²) in [6.07, 6.45) is 12.9. The van der Waals surface area contributed by atoms with E-state index in [9.17, 15) is 29.7 Å². The summed E-state index contributed by atoms with van der Waals surface area (Å²) in [7, 11) is 1.93. The van der Waals surface area contributed by atoms with Crippen LogP contribution >= 0.6 is 46.1 Å². The van der Waals surface area contributed by atoms with E-state index < -0.39 is 18.1 Å². The third-order valence-corrected chi connectivity index (χ3v) is 18.3. The van der Waals surface area contributed by atoms with Crippen LogP contribution in [0.4, 0.5) is 4.39 Å². The molecule has 0 spiro atoms. The van der Waals surface area contributed by atoms with Gasteiger partial charge in [-0.3, -0.25) is 19.4 Å². The number of fused-ring (bicyclic) bond motifs is 2. The van der Waals surface area contributed by atoms with Crippen LogP contribution in [0.25, 0.3) is 44.4 Å². The van der Waals surface area contributed by atoms with E-state index in [2.05, 4.69) is 41.7 Å². The summed E-state index contributed by atoms with van der Waals surface area (Å²) < 4.78 is 37.9. The number of carbonyl (C=O) groups is 3. The van der Waals surface area contributed by atoms with Gasteiger partial charge in [-0.2, -0.15) is 0 Å². The lowest BCUT2D eigenvalue weighted by molar-refractivity contribution is 0.0909. The maximum atomic E-state index is 15.1. The minimum absolute atomic E-state index is 0.0128. The van der Waals surface area contributed by atoms with Crippen molar-refractivity contribution in [2.75, 3.05) is 19.8 Å². The normalized spacial score (nSPS) is 12.4. The summed E-state index contributed by atoms with van der Waals surface area (Å²) in [5.74, 6) is 1.12. The van der Waals surface area contributed by atoms with Gasteiger partial charge in [0.2, 0.25) is 0 Å². The van der Waals surface area contributed by atoms with Gasteiger partial charge in [0.25, 0.3) is 17.7 Å². The molecule has 0 aliphatic heterocycles. The molecule has 3 atom stereocenters. The third kappa shape index (κ3) is 21.0. The van der Waals surface area contributed by atoms with Crippen molar-refractivity contribution in [3.05, 3.63) is 229 Å². The van der Waals surface area contributed by atoms with Gasteiger partial charge >= 0.3 is 0 Å². The quantitative estimate of drug-likeness (QED) is 0.0312. The van der Waals surface area contributed by atoms with E-state index in [1.807, 2.05) is 161 Å². The number of aromatic nitrogens is 7. The number of benzene rings is 4. The van der Waals surface area contributed by atoms with Gasteiger partial charge in [0.1, 0.15) is 40.2 Å². The van der Waals surface area contributed by atoms with Crippen LogP contribution in [0.2, 0.25) is 15.1 Å². The van der Waals surface area contributed by atoms with E-state index in [1.165, 1.54) is 6.07 Å². The van der Waals surface area contributed by atoms with Crippen molar-refractivity contribution in [2.24, 2.45) is 7.05 Å². The highest BCUT2D eigenvalue weighted by molar-refractivity contribution is 7.15. The first-order chi connectivity index (χ1) is 49.1. The number of nitrogens with zero attached hydrogens (tertiary/aromatic N) is 7. The largest absolute Gasteiger partial charge is 0.489 e. The van der Waals surface area contributed by atoms with E-state index >= 15 is 4.39 Å². The third-order valence-electron chi connectivity index (χ3n) is 16.3. The highest BCUT2D eigenvalue weighted by atomic mass is 35.5. The number of halogens is 4. The molecule has 7 aromatic heterocycles. The van der Waals surface area contributed by atoms with Gasteiger partial charge in [-0.25, -0.2) is 19.3 Å². The van der Waals surface area contributed by atoms with Crippen LogP contribution in [0.15, 0.2) is 159 Å². The van der Waals surface area contributed by atoms with E-state index in [4.69, 9.17) is 64.0 Å². The number of amides is 3. The fourth-order valence-corrected chi connectivity index (χ4v) is 13.0. The monoisotopic (exact) mass is 1480 g/mol. The van der Waals surface area contributed by atoms with Crippen LogP contribution in [-0.4, -0.2) is 123 Å². The summed E-state index contributed by atoms with van der Waals surface area (Å²) in [6.45, 7) is 21.2. The number of aliphatic hydroxyl groups excluding tert-OH is 3. The van der Waals surface area contributed by atoms with Crippen molar-refractivity contribution in [3.8, 4) is 50.3 Å². The predicted octanol–water partition coefficient (Wildman–Crippen LogP) is 15.3. The van der Waals surface area contributed by atoms with Crippen LogP contribution in [-0.2, 0) is 31.7 Å². The second kappa shape index (κ2) is 35.3. The minimum Gasteiger partial charge on any atom is -0.489 e. The van der Waals surface area contributed by atoms with Gasteiger partial charge in [0.15, 0.2) is 0 Å². The summed E-state index contributed by atoms with van der Waals surface area (Å²) in [4.78, 5) is 59.0. The lowest BCUT2D eigenvalue weighted by Crippen LogP contribution is -2.39. The van der Waals surface area contributed by atoms with Gasteiger partial charge in [-0.05, 0) is 182 Å².